The Morgan fingerprint density at radius 1 is 1.36 bits per heavy atom. The summed E-state index contributed by atoms with van der Waals surface area (Å²) >= 11 is 0. The number of aliphatic hydroxyl groups is 1. The molecule has 0 saturated heterocycles. The van der Waals surface area contributed by atoms with Crippen molar-refractivity contribution in [1.82, 2.24) is 0 Å². The highest BCUT2D eigenvalue weighted by atomic mass is 16.6. The van der Waals surface area contributed by atoms with E-state index in [1.54, 1.807) is 0 Å². The van der Waals surface area contributed by atoms with Gasteiger partial charge in [0.1, 0.15) is 0 Å². The number of hydrogen-bond acceptors (Lipinski definition) is 3. The maximum atomic E-state index is 9.00. The molecule has 1 heterocycles. The van der Waals surface area contributed by atoms with Crippen LogP contribution in [0, 0.1) is 5.92 Å². The normalized spacial score (nSPS) is 25.7. The van der Waals surface area contributed by atoms with E-state index < -0.39 is 0 Å². The van der Waals surface area contributed by atoms with E-state index in [1.165, 1.54) is 0 Å². The largest absolute Gasteiger partial charge is 0.392 e. The molecular weight excluding hydrogens is 178 g/mol. The van der Waals surface area contributed by atoms with E-state index in [9.17, 15) is 0 Å². The first-order valence-electron chi connectivity index (χ1n) is 4.73. The van der Waals surface area contributed by atoms with Gasteiger partial charge in [-0.2, -0.15) is 0 Å². The van der Waals surface area contributed by atoms with Crippen molar-refractivity contribution in [3.8, 4) is 0 Å². The summed E-state index contributed by atoms with van der Waals surface area (Å²) in [4.78, 5) is 5.12. The zero-order chi connectivity index (χ0) is 9.97. The molecule has 14 heavy (non-hydrogen) atoms. The van der Waals surface area contributed by atoms with Gasteiger partial charge in [0, 0.05) is 5.92 Å². The van der Waals surface area contributed by atoms with E-state index in [2.05, 4.69) is 5.16 Å². The van der Waals surface area contributed by atoms with Crippen LogP contribution in [0.25, 0.3) is 0 Å². The van der Waals surface area contributed by atoms with Crippen molar-refractivity contribution in [2.24, 2.45) is 11.1 Å². The van der Waals surface area contributed by atoms with Crippen LogP contribution in [0.4, 0.5) is 0 Å². The van der Waals surface area contributed by atoms with E-state index >= 15 is 0 Å². The first-order valence-corrected chi connectivity index (χ1v) is 4.73. The smallest absolute Gasteiger partial charge is 0.158 e. The summed E-state index contributed by atoms with van der Waals surface area (Å²) in [5, 5.41) is 13.0. The van der Waals surface area contributed by atoms with Crippen LogP contribution in [0.3, 0.4) is 0 Å². The maximum absolute atomic E-state index is 9.00. The second kappa shape index (κ2) is 3.80. The van der Waals surface area contributed by atoms with Gasteiger partial charge in [-0.3, -0.25) is 0 Å². The number of benzene rings is 1. The van der Waals surface area contributed by atoms with E-state index in [4.69, 9.17) is 9.94 Å². The molecule has 3 nitrogen and oxygen atoms in total. The summed E-state index contributed by atoms with van der Waals surface area (Å²) in [7, 11) is 0. The Bertz CT molecular complexity index is 334. The SMILES string of the molecule is C[C@H]1C(c2ccccc2)=NO[C@@H]1CO. The second-order valence-corrected chi connectivity index (χ2v) is 3.46. The molecule has 0 aromatic heterocycles. The van der Waals surface area contributed by atoms with Crippen molar-refractivity contribution in [2.45, 2.75) is 13.0 Å². The van der Waals surface area contributed by atoms with E-state index in [-0.39, 0.29) is 18.6 Å². The minimum Gasteiger partial charge on any atom is -0.392 e. The Kier molecular flexibility index (Phi) is 2.50. The van der Waals surface area contributed by atoms with Crippen LogP contribution in [0.5, 0.6) is 0 Å². The summed E-state index contributed by atoms with van der Waals surface area (Å²) in [5.74, 6) is 0.155. The molecule has 0 amide bonds. The first-order chi connectivity index (χ1) is 6.83. The Morgan fingerprint density at radius 3 is 2.64 bits per heavy atom. The molecule has 2 rings (SSSR count). The van der Waals surface area contributed by atoms with Gasteiger partial charge in [-0.1, -0.05) is 42.4 Å². The van der Waals surface area contributed by atoms with Gasteiger partial charge < -0.3 is 9.94 Å². The van der Waals surface area contributed by atoms with Crippen molar-refractivity contribution in [1.29, 1.82) is 0 Å². The van der Waals surface area contributed by atoms with Gasteiger partial charge in [0.15, 0.2) is 6.10 Å². The monoisotopic (exact) mass is 191 g/mol. The van der Waals surface area contributed by atoms with Crippen molar-refractivity contribution >= 4 is 5.71 Å². The van der Waals surface area contributed by atoms with Crippen molar-refractivity contribution < 1.29 is 9.94 Å². The third-order valence-corrected chi connectivity index (χ3v) is 2.52. The van der Waals surface area contributed by atoms with E-state index in [1.807, 2.05) is 37.3 Å². The minimum atomic E-state index is -0.190. The Balaban J connectivity index is 2.22. The lowest BCUT2D eigenvalue weighted by Gasteiger charge is -2.10. The van der Waals surface area contributed by atoms with Gasteiger partial charge in [-0.05, 0) is 5.56 Å². The molecule has 0 spiro atoms. The molecule has 0 fully saturated rings. The topological polar surface area (TPSA) is 41.8 Å². The van der Waals surface area contributed by atoms with Crippen molar-refractivity contribution in [3.05, 3.63) is 35.9 Å². The van der Waals surface area contributed by atoms with Crippen LogP contribution in [-0.2, 0) is 4.84 Å². The van der Waals surface area contributed by atoms with Crippen LogP contribution < -0.4 is 0 Å². The molecule has 0 bridgehead atoms. The molecule has 2 atom stereocenters. The van der Waals surface area contributed by atoms with E-state index in [0.717, 1.165) is 11.3 Å². The summed E-state index contributed by atoms with van der Waals surface area (Å²) in [6.07, 6.45) is -0.190. The maximum Gasteiger partial charge on any atom is 0.158 e. The number of hydrogen-bond donors (Lipinski definition) is 1. The fourth-order valence-corrected chi connectivity index (χ4v) is 1.59. The summed E-state index contributed by atoms with van der Waals surface area (Å²) < 4.78 is 0. The molecule has 0 aliphatic carbocycles. The molecular formula is C11H13NO2. The summed E-state index contributed by atoms with van der Waals surface area (Å²) in [6, 6.07) is 9.90. The highest BCUT2D eigenvalue weighted by Gasteiger charge is 2.30. The molecule has 3 heteroatoms. The molecule has 1 N–H and O–H groups in total. The quantitative estimate of drug-likeness (QED) is 0.768. The highest BCUT2D eigenvalue weighted by Crippen LogP contribution is 2.22. The number of rotatable bonds is 2. The Hall–Kier alpha value is -1.35. The van der Waals surface area contributed by atoms with Crippen LogP contribution in [0.1, 0.15) is 12.5 Å². The predicted octanol–water partition coefficient (Wildman–Crippen LogP) is 1.42. The molecule has 0 radical (unpaired) electrons. The van der Waals surface area contributed by atoms with Crippen molar-refractivity contribution in [2.75, 3.05) is 6.61 Å². The lowest BCUT2D eigenvalue weighted by Crippen LogP contribution is -2.24. The zero-order valence-electron chi connectivity index (χ0n) is 8.05. The standard InChI is InChI=1S/C11H13NO2/c1-8-10(7-13)14-12-11(8)9-5-3-2-4-6-9/h2-6,8,10,13H,7H2,1H3/t8-,10-/m1/s1. The summed E-state index contributed by atoms with van der Waals surface area (Å²) in [6.45, 7) is 2.03. The van der Waals surface area contributed by atoms with Crippen molar-refractivity contribution in [3.63, 3.8) is 0 Å². The van der Waals surface area contributed by atoms with Gasteiger partial charge >= 0.3 is 0 Å². The number of oxime groups is 1. The van der Waals surface area contributed by atoms with Gasteiger partial charge in [0.2, 0.25) is 0 Å². The first kappa shape index (κ1) is 9.21. The van der Waals surface area contributed by atoms with E-state index in [0.29, 0.717) is 0 Å². The van der Waals surface area contributed by atoms with Gasteiger partial charge in [-0.15, -0.1) is 0 Å². The fourth-order valence-electron chi connectivity index (χ4n) is 1.59. The molecule has 1 aromatic carbocycles. The third kappa shape index (κ3) is 1.51. The Morgan fingerprint density at radius 2 is 2.07 bits per heavy atom. The van der Waals surface area contributed by atoms with Gasteiger partial charge in [-0.25, -0.2) is 0 Å². The van der Waals surface area contributed by atoms with Gasteiger partial charge in [0.25, 0.3) is 0 Å². The minimum absolute atomic E-state index is 0.0149. The number of aliphatic hydroxyl groups excluding tert-OH is 1. The second-order valence-electron chi connectivity index (χ2n) is 3.46. The predicted molar refractivity (Wildman–Crippen MR) is 54.1 cm³/mol. The molecule has 1 aromatic rings. The van der Waals surface area contributed by atoms with Crippen LogP contribution >= 0.6 is 0 Å². The zero-order valence-corrected chi connectivity index (χ0v) is 8.05. The molecule has 1 aliphatic rings. The summed E-state index contributed by atoms with van der Waals surface area (Å²) in [5.41, 5.74) is 1.99. The fraction of sp³-hybridized carbons (Fsp3) is 0.364. The highest BCUT2D eigenvalue weighted by molar-refractivity contribution is 6.02. The lowest BCUT2D eigenvalue weighted by atomic mass is 9.95. The molecule has 0 saturated carbocycles. The van der Waals surface area contributed by atoms with Crippen LogP contribution in [0.15, 0.2) is 35.5 Å². The average Bonchev–Trinajstić information content (AvgIpc) is 2.61. The molecule has 0 unspecified atom stereocenters. The molecule has 74 valence electrons. The molecule has 1 aliphatic heterocycles. The van der Waals surface area contributed by atoms with Crippen LogP contribution in [-0.4, -0.2) is 23.5 Å². The average molecular weight is 191 g/mol. The third-order valence-electron chi connectivity index (χ3n) is 2.52. The lowest BCUT2D eigenvalue weighted by molar-refractivity contribution is 0.0211. The number of nitrogens with zero attached hydrogens (tertiary/aromatic N) is 1. The van der Waals surface area contributed by atoms with Crippen LogP contribution in [0.2, 0.25) is 0 Å². The Labute approximate surface area is 83.0 Å². The van der Waals surface area contributed by atoms with Gasteiger partial charge in [0.05, 0.1) is 12.3 Å².